The number of rotatable bonds is 2. The molecule has 1 rings (SSSR count). The summed E-state index contributed by atoms with van der Waals surface area (Å²) in [5, 5.41) is 10.0. The van der Waals surface area contributed by atoms with Crippen molar-refractivity contribution in [1.82, 2.24) is 0 Å². The molecular weight excluding hydrogens is 230 g/mol. The van der Waals surface area contributed by atoms with Gasteiger partial charge in [-0.25, -0.2) is 4.79 Å². The lowest BCUT2D eigenvalue weighted by molar-refractivity contribution is -0.135. The molecule has 5 heteroatoms. The van der Waals surface area contributed by atoms with E-state index in [0.717, 1.165) is 0 Å². The van der Waals surface area contributed by atoms with E-state index in [1.807, 2.05) is 0 Å². The van der Waals surface area contributed by atoms with Crippen molar-refractivity contribution in [2.75, 3.05) is 12.8 Å². The molecule has 4 nitrogen and oxygen atoms in total. The van der Waals surface area contributed by atoms with Gasteiger partial charge in [-0.05, 0) is 25.1 Å². The van der Waals surface area contributed by atoms with Crippen LogP contribution in [0.3, 0.4) is 0 Å². The Hall–Kier alpha value is -1.68. The number of ether oxygens (including phenoxy) is 1. The average Bonchev–Trinajstić information content (AvgIpc) is 2.23. The number of carbonyl (C=O) groups is 1. The van der Waals surface area contributed by atoms with Crippen LogP contribution in [0.15, 0.2) is 17.7 Å². The molecule has 0 aliphatic heterocycles. The Kier molecular flexibility index (Phi) is 3.79. The van der Waals surface area contributed by atoms with Gasteiger partial charge >= 0.3 is 5.97 Å². The number of hydrogen-bond acceptors (Lipinski definition) is 4. The third kappa shape index (κ3) is 2.67. The second-order valence-corrected chi connectivity index (χ2v) is 3.69. The molecule has 3 N–H and O–H groups in total. The first-order chi connectivity index (χ1) is 7.45. The number of hydrogen-bond donors (Lipinski definition) is 2. The molecule has 0 unspecified atom stereocenters. The van der Waals surface area contributed by atoms with Crippen LogP contribution in [-0.4, -0.2) is 18.2 Å². The lowest BCUT2D eigenvalue weighted by atomic mass is 10.1. The molecule has 0 bridgehead atoms. The van der Waals surface area contributed by atoms with Gasteiger partial charge in [0.15, 0.2) is 0 Å². The van der Waals surface area contributed by atoms with Crippen molar-refractivity contribution in [3.63, 3.8) is 0 Å². The van der Waals surface area contributed by atoms with E-state index in [1.54, 1.807) is 6.92 Å². The van der Waals surface area contributed by atoms with Gasteiger partial charge in [-0.2, -0.15) is 0 Å². The minimum atomic E-state index is -0.474. The number of phenolic OH excluding ortho intramolecular Hbond substituents is 1. The summed E-state index contributed by atoms with van der Waals surface area (Å²) in [6, 6.07) is 2.95. The highest BCUT2D eigenvalue weighted by molar-refractivity contribution is 6.31. The van der Waals surface area contributed by atoms with Gasteiger partial charge < -0.3 is 15.6 Å². The molecule has 0 saturated carbocycles. The van der Waals surface area contributed by atoms with Gasteiger partial charge in [0.1, 0.15) is 5.75 Å². The number of aromatic hydroxyl groups is 1. The van der Waals surface area contributed by atoms with Gasteiger partial charge in [-0.3, -0.25) is 0 Å². The highest BCUT2D eigenvalue weighted by Crippen LogP contribution is 2.30. The van der Waals surface area contributed by atoms with E-state index >= 15 is 0 Å². The van der Waals surface area contributed by atoms with Gasteiger partial charge in [-0.15, -0.1) is 0 Å². The summed E-state index contributed by atoms with van der Waals surface area (Å²) in [5.74, 6) is -0.578. The molecule has 16 heavy (non-hydrogen) atoms. The van der Waals surface area contributed by atoms with E-state index < -0.39 is 5.97 Å². The maximum atomic E-state index is 11.2. The summed E-state index contributed by atoms with van der Waals surface area (Å²) in [7, 11) is 1.28. The maximum Gasteiger partial charge on any atom is 0.333 e. The van der Waals surface area contributed by atoms with Crippen LogP contribution in [-0.2, 0) is 9.53 Å². The summed E-state index contributed by atoms with van der Waals surface area (Å²) in [6.45, 7) is 1.57. The molecule has 86 valence electrons. The number of phenols is 1. The molecule has 0 saturated heterocycles. The van der Waals surface area contributed by atoms with Crippen molar-refractivity contribution in [1.29, 1.82) is 0 Å². The standard InChI is InChI=1S/C11H12ClNO3/c1-6(11(15)16-2)3-7-4-8(12)5-9(13)10(7)14/h3-5,14H,13H2,1-2H3. The second kappa shape index (κ2) is 4.90. The van der Waals surface area contributed by atoms with Gasteiger partial charge in [0.25, 0.3) is 0 Å². The van der Waals surface area contributed by atoms with Gasteiger partial charge in [-0.1, -0.05) is 11.6 Å². The number of benzene rings is 1. The normalized spacial score (nSPS) is 11.3. The first-order valence-electron chi connectivity index (χ1n) is 4.50. The fourth-order valence-electron chi connectivity index (χ4n) is 1.21. The zero-order valence-electron chi connectivity index (χ0n) is 8.95. The molecule has 1 aromatic rings. The van der Waals surface area contributed by atoms with Crippen LogP contribution in [0.5, 0.6) is 5.75 Å². The molecule has 0 aliphatic carbocycles. The largest absolute Gasteiger partial charge is 0.505 e. The summed E-state index contributed by atoms with van der Waals surface area (Å²) in [6.07, 6.45) is 1.46. The summed E-state index contributed by atoms with van der Waals surface area (Å²) >= 11 is 5.78. The Morgan fingerprint density at radius 2 is 2.19 bits per heavy atom. The van der Waals surface area contributed by atoms with Crippen LogP contribution in [0.2, 0.25) is 5.02 Å². The highest BCUT2D eigenvalue weighted by Gasteiger charge is 2.08. The Balaban J connectivity index is 3.19. The van der Waals surface area contributed by atoms with Gasteiger partial charge in [0.05, 0.1) is 12.8 Å². The van der Waals surface area contributed by atoms with Crippen LogP contribution in [0.4, 0.5) is 5.69 Å². The molecular formula is C11H12ClNO3. The topological polar surface area (TPSA) is 72.5 Å². The molecule has 0 amide bonds. The smallest absolute Gasteiger partial charge is 0.333 e. The van der Waals surface area contributed by atoms with Crippen molar-refractivity contribution in [3.8, 4) is 5.75 Å². The maximum absolute atomic E-state index is 11.2. The molecule has 0 fully saturated rings. The number of halogens is 1. The number of nitrogen functional groups attached to an aromatic ring is 1. The Morgan fingerprint density at radius 3 is 2.75 bits per heavy atom. The Labute approximate surface area is 98.3 Å². The molecule has 0 aromatic heterocycles. The van der Waals surface area contributed by atoms with E-state index in [4.69, 9.17) is 17.3 Å². The molecule has 0 atom stereocenters. The molecule has 0 radical (unpaired) electrons. The van der Waals surface area contributed by atoms with Crippen LogP contribution in [0.1, 0.15) is 12.5 Å². The fourth-order valence-corrected chi connectivity index (χ4v) is 1.44. The van der Waals surface area contributed by atoms with Gasteiger partial charge in [0.2, 0.25) is 0 Å². The third-order valence-corrected chi connectivity index (χ3v) is 2.23. The zero-order valence-corrected chi connectivity index (χ0v) is 9.71. The van der Waals surface area contributed by atoms with E-state index in [2.05, 4.69) is 4.74 Å². The predicted octanol–water partition coefficient (Wildman–Crippen LogP) is 2.20. The molecule has 1 aromatic carbocycles. The minimum Gasteiger partial charge on any atom is -0.505 e. The number of carbonyl (C=O) groups excluding carboxylic acids is 1. The van der Waals surface area contributed by atoms with Crippen molar-refractivity contribution < 1.29 is 14.6 Å². The summed E-state index contributed by atoms with van der Waals surface area (Å²) in [4.78, 5) is 11.2. The number of anilines is 1. The van der Waals surface area contributed by atoms with E-state index in [0.29, 0.717) is 16.2 Å². The van der Waals surface area contributed by atoms with Crippen LogP contribution in [0.25, 0.3) is 6.08 Å². The number of esters is 1. The lowest BCUT2D eigenvalue weighted by Gasteiger charge is -2.05. The van der Waals surface area contributed by atoms with E-state index in [-0.39, 0.29) is 11.4 Å². The van der Waals surface area contributed by atoms with Crippen molar-refractivity contribution >= 4 is 29.3 Å². The molecule has 0 aliphatic rings. The highest BCUT2D eigenvalue weighted by atomic mass is 35.5. The number of nitrogens with two attached hydrogens (primary N) is 1. The second-order valence-electron chi connectivity index (χ2n) is 3.25. The van der Waals surface area contributed by atoms with E-state index in [1.165, 1.54) is 25.3 Å². The fraction of sp³-hybridized carbons (Fsp3) is 0.182. The van der Waals surface area contributed by atoms with Crippen molar-refractivity contribution in [2.24, 2.45) is 0 Å². The molecule has 0 spiro atoms. The zero-order chi connectivity index (χ0) is 12.3. The Bertz CT molecular complexity index is 455. The molecule has 0 heterocycles. The summed E-state index contributed by atoms with van der Waals surface area (Å²) < 4.78 is 4.53. The number of methoxy groups -OCH3 is 1. The predicted molar refractivity (Wildman–Crippen MR) is 63.2 cm³/mol. The van der Waals surface area contributed by atoms with Crippen LogP contribution >= 0.6 is 11.6 Å². The van der Waals surface area contributed by atoms with Crippen molar-refractivity contribution in [3.05, 3.63) is 28.3 Å². The first kappa shape index (κ1) is 12.4. The minimum absolute atomic E-state index is 0.104. The monoisotopic (exact) mass is 241 g/mol. The van der Waals surface area contributed by atoms with Crippen molar-refractivity contribution in [2.45, 2.75) is 6.92 Å². The third-order valence-electron chi connectivity index (χ3n) is 2.01. The summed E-state index contributed by atoms with van der Waals surface area (Å²) in [5.41, 5.74) is 6.42. The SMILES string of the molecule is COC(=O)C(C)=Cc1cc(Cl)cc(N)c1O. The van der Waals surface area contributed by atoms with Crippen LogP contribution in [0, 0.1) is 0 Å². The average molecular weight is 242 g/mol. The Morgan fingerprint density at radius 1 is 1.56 bits per heavy atom. The quantitative estimate of drug-likeness (QED) is 0.360. The first-order valence-corrected chi connectivity index (χ1v) is 4.88. The van der Waals surface area contributed by atoms with Crippen LogP contribution < -0.4 is 5.73 Å². The van der Waals surface area contributed by atoms with Gasteiger partial charge in [0, 0.05) is 16.2 Å². The lowest BCUT2D eigenvalue weighted by Crippen LogP contribution is -2.01. The van der Waals surface area contributed by atoms with E-state index in [9.17, 15) is 9.90 Å².